The van der Waals surface area contributed by atoms with Crippen molar-refractivity contribution in [1.82, 2.24) is 5.32 Å². The molecule has 0 atom stereocenters. The van der Waals surface area contributed by atoms with E-state index in [1.807, 2.05) is 4.72 Å². The third-order valence-electron chi connectivity index (χ3n) is 2.55. The summed E-state index contributed by atoms with van der Waals surface area (Å²) >= 11 is 0.948. The minimum absolute atomic E-state index is 0.0446. The zero-order valence-corrected chi connectivity index (χ0v) is 12.4. The van der Waals surface area contributed by atoms with Gasteiger partial charge in [0.1, 0.15) is 4.21 Å². The number of halogens is 3. The Labute approximate surface area is 123 Å². The maximum atomic E-state index is 13.5. The molecule has 0 unspecified atom stereocenters. The number of hydrogen-bond donors (Lipinski definition) is 2. The maximum Gasteiger partial charge on any atom is 0.271 e. The zero-order valence-electron chi connectivity index (χ0n) is 10.8. The van der Waals surface area contributed by atoms with Crippen LogP contribution >= 0.6 is 11.3 Å². The first kappa shape index (κ1) is 15.8. The second kappa shape index (κ2) is 6.04. The molecular formula is C12H11F3N2O2S2. The summed E-state index contributed by atoms with van der Waals surface area (Å²) in [7, 11) is -2.34. The van der Waals surface area contributed by atoms with E-state index in [4.69, 9.17) is 0 Å². The number of rotatable bonds is 5. The van der Waals surface area contributed by atoms with E-state index in [2.05, 4.69) is 5.32 Å². The van der Waals surface area contributed by atoms with E-state index in [1.165, 1.54) is 6.07 Å². The van der Waals surface area contributed by atoms with Crippen molar-refractivity contribution in [2.24, 2.45) is 0 Å². The number of anilines is 1. The average molecular weight is 336 g/mol. The van der Waals surface area contributed by atoms with Crippen LogP contribution in [-0.2, 0) is 16.6 Å². The van der Waals surface area contributed by atoms with Crippen molar-refractivity contribution in [1.29, 1.82) is 0 Å². The van der Waals surface area contributed by atoms with Crippen molar-refractivity contribution in [3.8, 4) is 0 Å². The highest BCUT2D eigenvalue weighted by molar-refractivity contribution is 7.94. The molecular weight excluding hydrogens is 325 g/mol. The highest BCUT2D eigenvalue weighted by atomic mass is 32.2. The third-order valence-corrected chi connectivity index (χ3v) is 5.41. The maximum absolute atomic E-state index is 13.5. The van der Waals surface area contributed by atoms with Gasteiger partial charge in [0.25, 0.3) is 10.0 Å². The summed E-state index contributed by atoms with van der Waals surface area (Å²) in [5, 5.41) is 4.49. The molecule has 0 saturated carbocycles. The Kier molecular flexibility index (Phi) is 4.55. The summed E-state index contributed by atoms with van der Waals surface area (Å²) in [6.45, 7) is 0.478. The minimum atomic E-state index is -4.05. The van der Waals surface area contributed by atoms with Crippen molar-refractivity contribution in [2.75, 3.05) is 11.8 Å². The number of nitrogens with one attached hydrogen (secondary N) is 2. The molecule has 9 heteroatoms. The molecule has 0 fully saturated rings. The van der Waals surface area contributed by atoms with Crippen LogP contribution in [0.25, 0.3) is 0 Å². The lowest BCUT2D eigenvalue weighted by atomic mass is 10.3. The Hall–Kier alpha value is -1.58. The SMILES string of the molecule is CNCc1csc(S(=O)(=O)Nc2ccc(F)c(F)c2F)c1. The molecule has 0 aliphatic heterocycles. The molecule has 0 aliphatic rings. The van der Waals surface area contributed by atoms with Gasteiger partial charge in [-0.1, -0.05) is 0 Å². The predicted molar refractivity (Wildman–Crippen MR) is 74.2 cm³/mol. The Balaban J connectivity index is 2.31. The van der Waals surface area contributed by atoms with Crippen LogP contribution in [0.1, 0.15) is 5.56 Å². The van der Waals surface area contributed by atoms with Gasteiger partial charge in [-0.05, 0) is 36.2 Å². The van der Waals surface area contributed by atoms with Gasteiger partial charge in [0.15, 0.2) is 17.5 Å². The van der Waals surface area contributed by atoms with Gasteiger partial charge in [0.05, 0.1) is 5.69 Å². The van der Waals surface area contributed by atoms with Gasteiger partial charge >= 0.3 is 0 Å². The Morgan fingerprint density at radius 3 is 2.57 bits per heavy atom. The van der Waals surface area contributed by atoms with Crippen LogP contribution in [0.15, 0.2) is 27.8 Å². The molecule has 4 nitrogen and oxygen atoms in total. The van der Waals surface area contributed by atoms with E-state index in [-0.39, 0.29) is 4.21 Å². The standard InChI is InChI=1S/C12H11F3N2O2S2/c1-16-5-7-4-10(20-6-7)21(18,19)17-9-3-2-8(13)11(14)12(9)15/h2-4,6,16-17H,5H2,1H3. The van der Waals surface area contributed by atoms with Gasteiger partial charge in [0, 0.05) is 6.54 Å². The third kappa shape index (κ3) is 3.36. The van der Waals surface area contributed by atoms with Crippen LogP contribution in [0.2, 0.25) is 0 Å². The molecule has 2 rings (SSSR count). The quantitative estimate of drug-likeness (QED) is 0.826. The van der Waals surface area contributed by atoms with Crippen LogP contribution in [-0.4, -0.2) is 15.5 Å². The first-order chi connectivity index (χ1) is 9.85. The van der Waals surface area contributed by atoms with Gasteiger partial charge in [-0.2, -0.15) is 0 Å². The first-order valence-electron chi connectivity index (χ1n) is 5.73. The summed E-state index contributed by atoms with van der Waals surface area (Å²) in [5.74, 6) is -4.69. The number of hydrogen-bond acceptors (Lipinski definition) is 4. The van der Waals surface area contributed by atoms with Crippen molar-refractivity contribution >= 4 is 27.0 Å². The molecule has 0 amide bonds. The van der Waals surface area contributed by atoms with Crippen LogP contribution in [0, 0.1) is 17.5 Å². The molecule has 1 aromatic heterocycles. The summed E-state index contributed by atoms with van der Waals surface area (Å²) in [5.41, 5.74) is 0.103. The van der Waals surface area contributed by atoms with Gasteiger partial charge in [-0.3, -0.25) is 4.72 Å². The number of thiophene rings is 1. The highest BCUT2D eigenvalue weighted by Crippen LogP contribution is 2.26. The molecule has 1 aromatic carbocycles. The van der Waals surface area contributed by atoms with Gasteiger partial charge in [0.2, 0.25) is 0 Å². The van der Waals surface area contributed by atoms with E-state index >= 15 is 0 Å². The van der Waals surface area contributed by atoms with E-state index in [0.717, 1.165) is 23.0 Å². The number of benzene rings is 1. The lowest BCUT2D eigenvalue weighted by Crippen LogP contribution is -2.13. The predicted octanol–water partition coefficient (Wildman–Crippen LogP) is 2.69. The molecule has 2 aromatic rings. The molecule has 0 spiro atoms. The molecule has 2 N–H and O–H groups in total. The fraction of sp³-hybridized carbons (Fsp3) is 0.167. The molecule has 1 heterocycles. The molecule has 114 valence electrons. The van der Waals surface area contributed by atoms with Crippen LogP contribution in [0.4, 0.5) is 18.9 Å². The molecule has 0 aliphatic carbocycles. The topological polar surface area (TPSA) is 58.2 Å². The Bertz CT molecular complexity index is 760. The minimum Gasteiger partial charge on any atom is -0.316 e. The van der Waals surface area contributed by atoms with Crippen molar-refractivity contribution in [2.45, 2.75) is 10.8 Å². The van der Waals surface area contributed by atoms with Gasteiger partial charge < -0.3 is 5.32 Å². The van der Waals surface area contributed by atoms with E-state index in [1.54, 1.807) is 12.4 Å². The zero-order chi connectivity index (χ0) is 15.6. The molecule has 0 saturated heterocycles. The van der Waals surface area contributed by atoms with Crippen LogP contribution < -0.4 is 10.0 Å². The van der Waals surface area contributed by atoms with E-state index in [9.17, 15) is 21.6 Å². The molecule has 0 radical (unpaired) electrons. The second-order valence-electron chi connectivity index (χ2n) is 4.13. The Morgan fingerprint density at radius 1 is 1.19 bits per heavy atom. The highest BCUT2D eigenvalue weighted by Gasteiger charge is 2.21. The van der Waals surface area contributed by atoms with E-state index < -0.39 is 33.2 Å². The molecule has 0 bridgehead atoms. The monoisotopic (exact) mass is 336 g/mol. The van der Waals surface area contributed by atoms with E-state index in [0.29, 0.717) is 12.6 Å². The largest absolute Gasteiger partial charge is 0.316 e. The van der Waals surface area contributed by atoms with Crippen molar-refractivity contribution in [3.05, 3.63) is 46.6 Å². The Morgan fingerprint density at radius 2 is 1.90 bits per heavy atom. The van der Waals surface area contributed by atoms with Crippen LogP contribution in [0.3, 0.4) is 0 Å². The van der Waals surface area contributed by atoms with Gasteiger partial charge in [-0.15, -0.1) is 11.3 Å². The van der Waals surface area contributed by atoms with Crippen molar-refractivity contribution < 1.29 is 21.6 Å². The normalized spacial score (nSPS) is 11.6. The average Bonchev–Trinajstić information content (AvgIpc) is 2.89. The van der Waals surface area contributed by atoms with Crippen molar-refractivity contribution in [3.63, 3.8) is 0 Å². The number of sulfonamides is 1. The smallest absolute Gasteiger partial charge is 0.271 e. The lowest BCUT2D eigenvalue weighted by molar-refractivity contribution is 0.449. The summed E-state index contributed by atoms with van der Waals surface area (Å²) in [6, 6.07) is 2.89. The summed E-state index contributed by atoms with van der Waals surface area (Å²) in [6.07, 6.45) is 0. The summed E-state index contributed by atoms with van der Waals surface area (Å²) < 4.78 is 65.4. The summed E-state index contributed by atoms with van der Waals surface area (Å²) in [4.78, 5) is 0. The fourth-order valence-corrected chi connectivity index (χ4v) is 3.86. The second-order valence-corrected chi connectivity index (χ2v) is 6.95. The van der Waals surface area contributed by atoms with Crippen LogP contribution in [0.5, 0.6) is 0 Å². The first-order valence-corrected chi connectivity index (χ1v) is 8.09. The fourth-order valence-electron chi connectivity index (χ4n) is 1.59. The lowest BCUT2D eigenvalue weighted by Gasteiger charge is -2.08. The molecule has 21 heavy (non-hydrogen) atoms. The van der Waals surface area contributed by atoms with Gasteiger partial charge in [-0.25, -0.2) is 21.6 Å².